The number of carbonyl (C=O) groups is 3. The van der Waals surface area contributed by atoms with E-state index in [2.05, 4.69) is 9.46 Å². The van der Waals surface area contributed by atoms with Crippen LogP contribution in [0.1, 0.15) is 12.8 Å². The lowest BCUT2D eigenvalue weighted by Gasteiger charge is -2.20. The first-order chi connectivity index (χ1) is 13.2. The number of benzene rings is 1. The molecule has 2 aliphatic rings. The van der Waals surface area contributed by atoms with E-state index >= 15 is 0 Å². The predicted molar refractivity (Wildman–Crippen MR) is 99.4 cm³/mol. The molecule has 0 radical (unpaired) electrons. The van der Waals surface area contributed by atoms with Crippen molar-refractivity contribution in [1.29, 1.82) is 0 Å². The van der Waals surface area contributed by atoms with Crippen LogP contribution in [0.5, 0.6) is 0 Å². The highest BCUT2D eigenvalue weighted by molar-refractivity contribution is 7.89. The number of hydrogen-bond donors (Lipinski definition) is 1. The third-order valence-corrected chi connectivity index (χ3v) is 6.90. The maximum atomic E-state index is 12.4. The lowest BCUT2D eigenvalue weighted by molar-refractivity contribution is -0.131. The number of halogens is 2. The first-order valence-corrected chi connectivity index (χ1v) is 10.6. The summed E-state index contributed by atoms with van der Waals surface area (Å²) in [6.45, 7) is 0.136. The van der Waals surface area contributed by atoms with Gasteiger partial charge in [0.1, 0.15) is 4.90 Å². The molecule has 2 aliphatic heterocycles. The van der Waals surface area contributed by atoms with Crippen molar-refractivity contribution in [3.05, 3.63) is 28.2 Å². The molecule has 0 saturated carbocycles. The summed E-state index contributed by atoms with van der Waals surface area (Å²) in [5, 5.41) is -0.0354. The van der Waals surface area contributed by atoms with Crippen LogP contribution in [0.25, 0.3) is 0 Å². The third kappa shape index (κ3) is 4.24. The highest BCUT2D eigenvalue weighted by Crippen LogP contribution is 2.28. The molecule has 0 aliphatic carbocycles. The van der Waals surface area contributed by atoms with E-state index in [-0.39, 0.29) is 47.0 Å². The van der Waals surface area contributed by atoms with Crippen molar-refractivity contribution >= 4 is 51.1 Å². The van der Waals surface area contributed by atoms with Crippen molar-refractivity contribution in [2.45, 2.75) is 23.8 Å². The van der Waals surface area contributed by atoms with Crippen LogP contribution in [0.15, 0.2) is 23.1 Å². The van der Waals surface area contributed by atoms with Crippen molar-refractivity contribution in [2.75, 3.05) is 26.2 Å². The minimum absolute atomic E-state index is 0.0177. The summed E-state index contributed by atoms with van der Waals surface area (Å²) >= 11 is 11.8. The van der Waals surface area contributed by atoms with E-state index in [4.69, 9.17) is 23.2 Å². The van der Waals surface area contributed by atoms with Crippen molar-refractivity contribution in [3.8, 4) is 0 Å². The van der Waals surface area contributed by atoms with Crippen LogP contribution >= 0.6 is 23.2 Å². The van der Waals surface area contributed by atoms with Gasteiger partial charge < -0.3 is 9.64 Å². The zero-order chi connectivity index (χ0) is 20.5. The summed E-state index contributed by atoms with van der Waals surface area (Å²) in [4.78, 5) is 37.9. The number of cyclic esters (lactones) is 1. The number of sulfonamides is 1. The zero-order valence-electron chi connectivity index (χ0n) is 14.6. The van der Waals surface area contributed by atoms with E-state index in [0.29, 0.717) is 13.0 Å². The second kappa shape index (κ2) is 8.24. The summed E-state index contributed by atoms with van der Waals surface area (Å²) in [7, 11) is -3.98. The van der Waals surface area contributed by atoms with Crippen LogP contribution in [0.3, 0.4) is 0 Å². The highest BCUT2D eigenvalue weighted by Gasteiger charge is 2.41. The van der Waals surface area contributed by atoms with Gasteiger partial charge in [-0.15, -0.1) is 0 Å². The fourth-order valence-electron chi connectivity index (χ4n) is 3.16. The second-order valence-corrected chi connectivity index (χ2v) is 8.82. The van der Waals surface area contributed by atoms with Crippen molar-refractivity contribution in [1.82, 2.24) is 14.5 Å². The molecule has 2 fully saturated rings. The Labute approximate surface area is 171 Å². The van der Waals surface area contributed by atoms with Gasteiger partial charge in [-0.05, 0) is 18.6 Å². The molecule has 1 unspecified atom stereocenters. The molecule has 152 valence electrons. The Hall–Kier alpha value is -1.88. The molecule has 9 nitrogen and oxygen atoms in total. The van der Waals surface area contributed by atoms with E-state index in [9.17, 15) is 22.8 Å². The number of nitrogens with zero attached hydrogens (tertiary/aromatic N) is 2. The quantitative estimate of drug-likeness (QED) is 0.698. The Bertz CT molecular complexity index is 887. The first kappa shape index (κ1) is 20.8. The topological polar surface area (TPSA) is 113 Å². The molecule has 28 heavy (non-hydrogen) atoms. The predicted octanol–water partition coefficient (Wildman–Crippen LogP) is 1.24. The monoisotopic (exact) mass is 449 g/mol. The van der Waals surface area contributed by atoms with Crippen LogP contribution < -0.4 is 4.72 Å². The molecular formula is C16H17Cl2N3O6S. The summed E-state index contributed by atoms with van der Waals surface area (Å²) in [6, 6.07) is 3.91. The summed E-state index contributed by atoms with van der Waals surface area (Å²) < 4.78 is 31.7. The number of nitrogens with one attached hydrogen (secondary N) is 1. The summed E-state index contributed by atoms with van der Waals surface area (Å²) in [5.41, 5.74) is 0. The van der Waals surface area contributed by atoms with Gasteiger partial charge >= 0.3 is 6.09 Å². The number of rotatable bonds is 6. The highest BCUT2D eigenvalue weighted by atomic mass is 35.5. The average molecular weight is 450 g/mol. The molecule has 0 bridgehead atoms. The largest absolute Gasteiger partial charge is 0.439 e. The van der Waals surface area contributed by atoms with E-state index in [1.54, 1.807) is 0 Å². The van der Waals surface area contributed by atoms with E-state index in [0.717, 1.165) is 4.90 Å². The molecule has 1 aromatic carbocycles. The lowest BCUT2D eigenvalue weighted by atomic mass is 10.2. The molecule has 1 N–H and O–H groups in total. The third-order valence-electron chi connectivity index (χ3n) is 4.48. The Morgan fingerprint density at radius 2 is 1.93 bits per heavy atom. The molecule has 2 saturated heterocycles. The van der Waals surface area contributed by atoms with Crippen LogP contribution in [-0.2, 0) is 24.3 Å². The van der Waals surface area contributed by atoms with E-state index in [1.807, 2.05) is 0 Å². The number of likely N-dealkylation sites (tertiary alicyclic amines) is 1. The maximum absolute atomic E-state index is 12.4. The molecule has 0 spiro atoms. The zero-order valence-corrected chi connectivity index (χ0v) is 16.9. The fourth-order valence-corrected chi connectivity index (χ4v) is 5.33. The van der Waals surface area contributed by atoms with Gasteiger partial charge in [0.25, 0.3) is 5.91 Å². The molecule has 0 aromatic heterocycles. The van der Waals surface area contributed by atoms with E-state index in [1.165, 1.54) is 23.1 Å². The Morgan fingerprint density at radius 1 is 1.25 bits per heavy atom. The van der Waals surface area contributed by atoms with Crippen LogP contribution in [0.4, 0.5) is 4.79 Å². The summed E-state index contributed by atoms with van der Waals surface area (Å²) in [6.07, 6.45) is -0.339. The van der Waals surface area contributed by atoms with Gasteiger partial charge in [-0.3, -0.25) is 9.59 Å². The number of ether oxygens (including phenoxy) is 1. The van der Waals surface area contributed by atoms with Gasteiger partial charge in [0, 0.05) is 26.1 Å². The number of imide groups is 1. The number of carbonyl (C=O) groups excluding carboxylic acids is 3. The average Bonchev–Trinajstić information content (AvgIpc) is 3.21. The minimum atomic E-state index is -3.98. The van der Waals surface area contributed by atoms with Crippen molar-refractivity contribution in [2.24, 2.45) is 0 Å². The van der Waals surface area contributed by atoms with E-state index < -0.39 is 28.1 Å². The standard InChI is InChI=1S/C16H17Cl2N3O6S/c17-11-2-1-3-12(18)15(11)28(25,26)19-6-4-13(22)20-7-5-10(8-20)21-14(23)9-27-16(21)24/h1-3,10,19H,4-9H2. The smallest absolute Gasteiger partial charge is 0.417 e. The van der Waals surface area contributed by atoms with Crippen LogP contribution in [0.2, 0.25) is 10.0 Å². The first-order valence-electron chi connectivity index (χ1n) is 8.41. The minimum Gasteiger partial charge on any atom is -0.439 e. The van der Waals surface area contributed by atoms with Crippen LogP contribution in [0, 0.1) is 0 Å². The SMILES string of the molecule is O=C(CCNS(=O)(=O)c1c(Cl)cccc1Cl)N1CCC(N2C(=O)COC2=O)C1. The van der Waals surface area contributed by atoms with Gasteiger partial charge in [0.2, 0.25) is 15.9 Å². The van der Waals surface area contributed by atoms with Crippen LogP contribution in [-0.4, -0.2) is 68.4 Å². The molecule has 1 aromatic rings. The normalized spacial score (nSPS) is 20.0. The van der Waals surface area contributed by atoms with Gasteiger partial charge in [-0.1, -0.05) is 29.3 Å². The Kier molecular flexibility index (Phi) is 6.13. The number of hydrogen-bond acceptors (Lipinski definition) is 6. The Morgan fingerprint density at radius 3 is 2.54 bits per heavy atom. The fraction of sp³-hybridized carbons (Fsp3) is 0.438. The number of amides is 3. The molecule has 12 heteroatoms. The molecular weight excluding hydrogens is 433 g/mol. The van der Waals surface area contributed by atoms with Gasteiger partial charge in [0.05, 0.1) is 16.1 Å². The molecule has 1 atom stereocenters. The lowest BCUT2D eigenvalue weighted by Crippen LogP contribution is -2.42. The molecule has 3 rings (SSSR count). The van der Waals surface area contributed by atoms with Crippen molar-refractivity contribution in [3.63, 3.8) is 0 Å². The van der Waals surface area contributed by atoms with Gasteiger partial charge in [-0.2, -0.15) is 0 Å². The molecule has 2 heterocycles. The van der Waals surface area contributed by atoms with Crippen molar-refractivity contribution < 1.29 is 27.5 Å². The summed E-state index contributed by atoms with van der Waals surface area (Å²) in [5.74, 6) is -0.718. The second-order valence-electron chi connectivity index (χ2n) is 6.30. The van der Waals surface area contributed by atoms with Gasteiger partial charge in [-0.25, -0.2) is 22.8 Å². The maximum Gasteiger partial charge on any atom is 0.417 e. The Balaban J connectivity index is 1.54. The van der Waals surface area contributed by atoms with Gasteiger partial charge in [0.15, 0.2) is 6.61 Å². The molecule has 3 amide bonds.